The molecule has 2 unspecified atom stereocenters. The van der Waals surface area contributed by atoms with Gasteiger partial charge in [0.05, 0.1) is 0 Å². The standard InChI is InChI=1S/C7H15BrO/c1-4-7(8)6(2)5-9-3/h6-7H,4-5H2,1-3H3. The highest BCUT2D eigenvalue weighted by molar-refractivity contribution is 9.09. The molecule has 0 bridgehead atoms. The van der Waals surface area contributed by atoms with E-state index < -0.39 is 0 Å². The van der Waals surface area contributed by atoms with Gasteiger partial charge < -0.3 is 4.74 Å². The Labute approximate surface area is 65.9 Å². The number of halogens is 1. The van der Waals surface area contributed by atoms with Crippen LogP contribution in [0.15, 0.2) is 0 Å². The number of hydrogen-bond acceptors (Lipinski definition) is 1. The third-order valence-electron chi connectivity index (χ3n) is 1.44. The molecule has 0 aromatic rings. The van der Waals surface area contributed by atoms with Crippen LogP contribution in [-0.2, 0) is 4.74 Å². The molecule has 0 amide bonds. The second-order valence-electron chi connectivity index (χ2n) is 2.36. The molecule has 2 heteroatoms. The van der Waals surface area contributed by atoms with Crippen molar-refractivity contribution in [2.75, 3.05) is 13.7 Å². The summed E-state index contributed by atoms with van der Waals surface area (Å²) in [7, 11) is 1.74. The first-order chi connectivity index (χ1) is 4.22. The van der Waals surface area contributed by atoms with Gasteiger partial charge >= 0.3 is 0 Å². The highest BCUT2D eigenvalue weighted by Crippen LogP contribution is 2.15. The fraction of sp³-hybridized carbons (Fsp3) is 1.00. The molecule has 0 aliphatic rings. The zero-order chi connectivity index (χ0) is 7.28. The van der Waals surface area contributed by atoms with Gasteiger partial charge in [-0.15, -0.1) is 0 Å². The van der Waals surface area contributed by atoms with Gasteiger partial charge in [-0.1, -0.05) is 29.8 Å². The Morgan fingerprint density at radius 1 is 1.56 bits per heavy atom. The Bertz CT molecular complexity index is 65.9. The van der Waals surface area contributed by atoms with Crippen LogP contribution < -0.4 is 0 Å². The lowest BCUT2D eigenvalue weighted by Gasteiger charge is -2.14. The Morgan fingerprint density at radius 3 is 2.44 bits per heavy atom. The molecule has 0 N–H and O–H groups in total. The largest absolute Gasteiger partial charge is 0.384 e. The van der Waals surface area contributed by atoms with Crippen molar-refractivity contribution in [3.05, 3.63) is 0 Å². The molecule has 56 valence electrons. The van der Waals surface area contributed by atoms with E-state index in [1.165, 1.54) is 6.42 Å². The topological polar surface area (TPSA) is 9.23 Å². The second-order valence-corrected chi connectivity index (χ2v) is 3.53. The van der Waals surface area contributed by atoms with Crippen LogP contribution in [0.5, 0.6) is 0 Å². The molecule has 0 aliphatic carbocycles. The van der Waals surface area contributed by atoms with E-state index in [1.54, 1.807) is 7.11 Å². The van der Waals surface area contributed by atoms with Gasteiger partial charge in [0.1, 0.15) is 0 Å². The molecule has 2 atom stereocenters. The molecule has 0 radical (unpaired) electrons. The van der Waals surface area contributed by atoms with Crippen molar-refractivity contribution in [3.8, 4) is 0 Å². The minimum atomic E-state index is 0.609. The third kappa shape index (κ3) is 3.93. The van der Waals surface area contributed by atoms with E-state index >= 15 is 0 Å². The summed E-state index contributed by atoms with van der Waals surface area (Å²) in [5.74, 6) is 0.625. The molecule has 0 aromatic heterocycles. The summed E-state index contributed by atoms with van der Waals surface area (Å²) in [6.07, 6.45) is 1.17. The summed E-state index contributed by atoms with van der Waals surface area (Å²) < 4.78 is 5.00. The number of hydrogen-bond donors (Lipinski definition) is 0. The maximum absolute atomic E-state index is 5.00. The third-order valence-corrected chi connectivity index (χ3v) is 2.99. The molecule has 0 rings (SSSR count). The Morgan fingerprint density at radius 2 is 2.11 bits per heavy atom. The number of ether oxygens (including phenoxy) is 1. The summed E-state index contributed by atoms with van der Waals surface area (Å²) in [6.45, 7) is 5.21. The van der Waals surface area contributed by atoms with E-state index in [0.717, 1.165) is 6.61 Å². The predicted molar refractivity (Wildman–Crippen MR) is 44.0 cm³/mol. The van der Waals surface area contributed by atoms with Gasteiger partial charge in [-0.25, -0.2) is 0 Å². The normalized spacial score (nSPS) is 17.3. The molecule has 1 nitrogen and oxygen atoms in total. The van der Waals surface area contributed by atoms with Gasteiger partial charge in [0.25, 0.3) is 0 Å². The van der Waals surface area contributed by atoms with Crippen LogP contribution in [-0.4, -0.2) is 18.5 Å². The van der Waals surface area contributed by atoms with Crippen molar-refractivity contribution in [3.63, 3.8) is 0 Å². The molecular formula is C7H15BrO. The maximum Gasteiger partial charge on any atom is 0.0498 e. The number of rotatable bonds is 4. The predicted octanol–water partition coefficient (Wildman–Crippen LogP) is 2.44. The van der Waals surface area contributed by atoms with Crippen LogP contribution in [0.2, 0.25) is 0 Å². The summed E-state index contributed by atoms with van der Waals surface area (Å²) in [5, 5.41) is 0. The van der Waals surface area contributed by atoms with Gasteiger partial charge in [-0.2, -0.15) is 0 Å². The van der Waals surface area contributed by atoms with Gasteiger partial charge in [-0.05, 0) is 12.3 Å². The van der Waals surface area contributed by atoms with E-state index in [4.69, 9.17) is 4.74 Å². The van der Waals surface area contributed by atoms with Crippen LogP contribution in [0, 0.1) is 5.92 Å². The van der Waals surface area contributed by atoms with Crippen molar-refractivity contribution in [2.45, 2.75) is 25.1 Å². The molecule has 0 fully saturated rings. The number of alkyl halides is 1. The molecule has 0 aromatic carbocycles. The Kier molecular flexibility index (Phi) is 5.50. The van der Waals surface area contributed by atoms with Crippen LogP contribution >= 0.6 is 15.9 Å². The van der Waals surface area contributed by atoms with Gasteiger partial charge in [0.15, 0.2) is 0 Å². The molecule has 0 saturated carbocycles. The Balaban J connectivity index is 3.32. The van der Waals surface area contributed by atoms with Crippen LogP contribution in [0.3, 0.4) is 0 Å². The fourth-order valence-corrected chi connectivity index (χ4v) is 0.922. The SMILES string of the molecule is CCC(Br)C(C)COC. The van der Waals surface area contributed by atoms with Gasteiger partial charge in [0.2, 0.25) is 0 Å². The molecule has 0 aliphatic heterocycles. The van der Waals surface area contributed by atoms with Gasteiger partial charge in [-0.3, -0.25) is 0 Å². The summed E-state index contributed by atoms with van der Waals surface area (Å²) in [6, 6.07) is 0. The minimum absolute atomic E-state index is 0.609. The first kappa shape index (κ1) is 9.44. The van der Waals surface area contributed by atoms with E-state index in [9.17, 15) is 0 Å². The van der Waals surface area contributed by atoms with E-state index in [0.29, 0.717) is 10.7 Å². The summed E-state index contributed by atoms with van der Waals surface area (Å²) >= 11 is 3.56. The van der Waals surface area contributed by atoms with Gasteiger partial charge in [0, 0.05) is 18.5 Å². The zero-order valence-electron chi connectivity index (χ0n) is 6.36. The first-order valence-corrected chi connectivity index (χ1v) is 4.27. The summed E-state index contributed by atoms with van der Waals surface area (Å²) in [5.41, 5.74) is 0. The average molecular weight is 195 g/mol. The maximum atomic E-state index is 5.00. The molecular weight excluding hydrogens is 180 g/mol. The van der Waals surface area contributed by atoms with Crippen LogP contribution in [0.25, 0.3) is 0 Å². The second kappa shape index (κ2) is 5.24. The fourth-order valence-electron chi connectivity index (χ4n) is 0.770. The summed E-state index contributed by atoms with van der Waals surface area (Å²) in [4.78, 5) is 0.609. The lowest BCUT2D eigenvalue weighted by Crippen LogP contribution is -2.14. The quantitative estimate of drug-likeness (QED) is 0.626. The zero-order valence-corrected chi connectivity index (χ0v) is 7.94. The molecule has 0 saturated heterocycles. The van der Waals surface area contributed by atoms with Crippen molar-refractivity contribution in [1.82, 2.24) is 0 Å². The van der Waals surface area contributed by atoms with Crippen LogP contribution in [0.1, 0.15) is 20.3 Å². The smallest absolute Gasteiger partial charge is 0.0498 e. The lowest BCUT2D eigenvalue weighted by molar-refractivity contribution is 0.158. The minimum Gasteiger partial charge on any atom is -0.384 e. The van der Waals surface area contributed by atoms with Crippen molar-refractivity contribution < 1.29 is 4.74 Å². The van der Waals surface area contributed by atoms with Crippen LogP contribution in [0.4, 0.5) is 0 Å². The van der Waals surface area contributed by atoms with Crippen molar-refractivity contribution >= 4 is 15.9 Å². The Hall–Kier alpha value is 0.440. The highest BCUT2D eigenvalue weighted by Gasteiger charge is 2.10. The van der Waals surface area contributed by atoms with E-state index in [2.05, 4.69) is 29.8 Å². The molecule has 0 heterocycles. The van der Waals surface area contributed by atoms with Crippen molar-refractivity contribution in [2.24, 2.45) is 5.92 Å². The van der Waals surface area contributed by atoms with E-state index in [-0.39, 0.29) is 0 Å². The highest BCUT2D eigenvalue weighted by atomic mass is 79.9. The molecule has 9 heavy (non-hydrogen) atoms. The monoisotopic (exact) mass is 194 g/mol. The van der Waals surface area contributed by atoms with Crippen molar-refractivity contribution in [1.29, 1.82) is 0 Å². The van der Waals surface area contributed by atoms with E-state index in [1.807, 2.05) is 0 Å². The number of methoxy groups -OCH3 is 1. The lowest BCUT2D eigenvalue weighted by atomic mass is 10.1. The first-order valence-electron chi connectivity index (χ1n) is 3.35. The average Bonchev–Trinajstić information content (AvgIpc) is 1.87. The molecule has 0 spiro atoms.